The van der Waals surface area contributed by atoms with Gasteiger partial charge < -0.3 is 10.5 Å². The zero-order valence-electron chi connectivity index (χ0n) is 16.0. The van der Waals surface area contributed by atoms with Gasteiger partial charge in [0.25, 0.3) is 10.0 Å². The molecule has 0 saturated heterocycles. The zero-order valence-corrected chi connectivity index (χ0v) is 16.8. The van der Waals surface area contributed by atoms with Crippen LogP contribution in [0.3, 0.4) is 0 Å². The average molecular weight is 408 g/mol. The first-order chi connectivity index (χ1) is 13.9. The van der Waals surface area contributed by atoms with Crippen LogP contribution in [0.4, 0.5) is 0 Å². The molecule has 2 N–H and O–H groups in total. The fourth-order valence-electron chi connectivity index (χ4n) is 3.05. The second kappa shape index (κ2) is 7.31. The third-order valence-electron chi connectivity index (χ3n) is 4.75. The Kier molecular flexibility index (Phi) is 4.81. The van der Waals surface area contributed by atoms with Crippen molar-refractivity contribution in [2.24, 2.45) is 5.73 Å². The number of hydrogen-bond acceptors (Lipinski definition) is 6. The van der Waals surface area contributed by atoms with E-state index in [4.69, 9.17) is 10.5 Å². The molecule has 2 heterocycles. The third kappa shape index (κ3) is 3.48. The number of rotatable bonds is 5. The summed E-state index contributed by atoms with van der Waals surface area (Å²) in [6.07, 6.45) is 2.97. The molecule has 0 aliphatic heterocycles. The first-order valence-corrected chi connectivity index (χ1v) is 10.4. The lowest BCUT2D eigenvalue weighted by atomic mass is 10.1. The number of nitrogens with zero attached hydrogens (tertiary/aromatic N) is 3. The van der Waals surface area contributed by atoms with Crippen LogP contribution >= 0.6 is 0 Å². The van der Waals surface area contributed by atoms with Crippen LogP contribution in [0.2, 0.25) is 0 Å². The summed E-state index contributed by atoms with van der Waals surface area (Å²) >= 11 is 0. The lowest BCUT2D eigenvalue weighted by Crippen LogP contribution is -2.15. The molecule has 0 fully saturated rings. The molecule has 0 amide bonds. The van der Waals surface area contributed by atoms with Gasteiger partial charge in [-0.1, -0.05) is 29.8 Å². The van der Waals surface area contributed by atoms with Crippen molar-refractivity contribution < 1.29 is 13.2 Å². The van der Waals surface area contributed by atoms with E-state index in [2.05, 4.69) is 9.97 Å². The summed E-state index contributed by atoms with van der Waals surface area (Å²) in [5.74, 6) is 0.737. The molecule has 0 spiro atoms. The Morgan fingerprint density at radius 1 is 1.03 bits per heavy atom. The van der Waals surface area contributed by atoms with E-state index in [9.17, 15) is 8.42 Å². The molecule has 1 unspecified atom stereocenters. The minimum Gasteiger partial charge on any atom is -0.497 e. The molecule has 7 nitrogen and oxygen atoms in total. The first-order valence-electron chi connectivity index (χ1n) is 8.96. The lowest BCUT2D eigenvalue weighted by molar-refractivity contribution is 0.414. The second-order valence-electron chi connectivity index (χ2n) is 6.68. The van der Waals surface area contributed by atoms with Crippen molar-refractivity contribution in [1.82, 2.24) is 13.9 Å². The monoisotopic (exact) mass is 408 g/mol. The Balaban J connectivity index is 1.71. The largest absolute Gasteiger partial charge is 0.497 e. The SMILES string of the molecule is COc1ccc(C(N)c2cnc3c(ccn3S(=O)(=O)c3ccc(C)cc3)n2)cc1. The minimum absolute atomic E-state index is 0.196. The molecule has 2 aromatic carbocycles. The van der Waals surface area contributed by atoms with Crippen LogP contribution in [-0.2, 0) is 10.0 Å². The van der Waals surface area contributed by atoms with Gasteiger partial charge in [0.15, 0.2) is 5.65 Å². The maximum absolute atomic E-state index is 13.0. The molecule has 0 aliphatic rings. The highest BCUT2D eigenvalue weighted by molar-refractivity contribution is 7.90. The van der Waals surface area contributed by atoms with Crippen LogP contribution in [0, 0.1) is 6.92 Å². The fourth-order valence-corrected chi connectivity index (χ4v) is 4.35. The quantitative estimate of drug-likeness (QED) is 0.545. The number of benzene rings is 2. The topological polar surface area (TPSA) is 100 Å². The molecule has 1 atom stereocenters. The van der Waals surface area contributed by atoms with Gasteiger partial charge in [0.1, 0.15) is 11.3 Å². The van der Waals surface area contributed by atoms with Crippen molar-refractivity contribution in [3.8, 4) is 5.75 Å². The number of nitrogens with two attached hydrogens (primary N) is 1. The van der Waals surface area contributed by atoms with Gasteiger partial charge in [-0.2, -0.15) is 0 Å². The predicted molar refractivity (Wildman–Crippen MR) is 110 cm³/mol. The number of fused-ring (bicyclic) bond motifs is 1. The van der Waals surface area contributed by atoms with Crippen LogP contribution < -0.4 is 10.5 Å². The lowest BCUT2D eigenvalue weighted by Gasteiger charge is -2.12. The summed E-state index contributed by atoms with van der Waals surface area (Å²) in [6.45, 7) is 1.90. The van der Waals surface area contributed by atoms with Crippen molar-refractivity contribution >= 4 is 21.2 Å². The van der Waals surface area contributed by atoms with E-state index < -0.39 is 16.1 Å². The summed E-state index contributed by atoms with van der Waals surface area (Å²) in [4.78, 5) is 9.08. The molecule has 4 rings (SSSR count). The summed E-state index contributed by atoms with van der Waals surface area (Å²) in [5.41, 5.74) is 9.44. The molecular weight excluding hydrogens is 388 g/mol. The molecule has 4 aromatic rings. The standard InChI is InChI=1S/C21H20N4O3S/c1-14-3-9-17(10-4-14)29(26,27)25-12-11-18-21(25)23-13-19(24-18)20(22)15-5-7-16(28-2)8-6-15/h3-13,20H,22H2,1-2H3. The fraction of sp³-hybridized carbons (Fsp3) is 0.143. The van der Waals surface area contributed by atoms with Gasteiger partial charge >= 0.3 is 0 Å². The first kappa shape index (κ1) is 19.1. The Hall–Kier alpha value is -3.23. The number of aromatic nitrogens is 3. The van der Waals surface area contributed by atoms with Crippen LogP contribution in [0.5, 0.6) is 5.75 Å². The highest BCUT2D eigenvalue weighted by Crippen LogP contribution is 2.24. The minimum atomic E-state index is -3.76. The molecule has 0 saturated carbocycles. The molecular formula is C21H20N4O3S. The van der Waals surface area contributed by atoms with Crippen molar-refractivity contribution in [3.63, 3.8) is 0 Å². The highest BCUT2D eigenvalue weighted by atomic mass is 32.2. The van der Waals surface area contributed by atoms with E-state index in [0.717, 1.165) is 20.8 Å². The molecule has 29 heavy (non-hydrogen) atoms. The maximum Gasteiger partial charge on any atom is 0.269 e. The summed E-state index contributed by atoms with van der Waals surface area (Å²) in [6, 6.07) is 15.2. The van der Waals surface area contributed by atoms with Crippen LogP contribution in [0.25, 0.3) is 11.2 Å². The Bertz CT molecular complexity index is 1260. The van der Waals surface area contributed by atoms with Crippen molar-refractivity contribution in [1.29, 1.82) is 0 Å². The van der Waals surface area contributed by atoms with Gasteiger partial charge in [-0.25, -0.2) is 22.4 Å². The predicted octanol–water partition coefficient (Wildman–Crippen LogP) is 3.03. The van der Waals surface area contributed by atoms with Crippen LogP contribution in [0.15, 0.2) is 71.9 Å². The summed E-state index contributed by atoms with van der Waals surface area (Å²) < 4.78 is 32.3. The number of hydrogen-bond donors (Lipinski definition) is 1. The van der Waals surface area contributed by atoms with Gasteiger partial charge in [-0.05, 0) is 42.8 Å². The Morgan fingerprint density at radius 2 is 1.72 bits per heavy atom. The van der Waals surface area contributed by atoms with Gasteiger partial charge in [-0.3, -0.25) is 0 Å². The molecule has 0 aliphatic carbocycles. The molecule has 0 radical (unpaired) electrons. The van der Waals surface area contributed by atoms with Crippen molar-refractivity contribution in [3.05, 3.63) is 83.8 Å². The van der Waals surface area contributed by atoms with Crippen molar-refractivity contribution in [2.45, 2.75) is 17.9 Å². The third-order valence-corrected chi connectivity index (χ3v) is 6.43. The van der Waals surface area contributed by atoms with Crippen molar-refractivity contribution in [2.75, 3.05) is 7.11 Å². The van der Waals surface area contributed by atoms with E-state index in [1.807, 2.05) is 31.2 Å². The Morgan fingerprint density at radius 3 is 2.38 bits per heavy atom. The molecule has 2 aromatic heterocycles. The van der Waals surface area contributed by atoms with Crippen LogP contribution in [0.1, 0.15) is 22.9 Å². The second-order valence-corrected chi connectivity index (χ2v) is 8.50. The van der Waals surface area contributed by atoms with Gasteiger partial charge in [0.05, 0.1) is 29.9 Å². The average Bonchev–Trinajstić information content (AvgIpc) is 3.17. The van der Waals surface area contributed by atoms with E-state index in [0.29, 0.717) is 11.2 Å². The van der Waals surface area contributed by atoms with Gasteiger partial charge in [-0.15, -0.1) is 0 Å². The van der Waals surface area contributed by atoms with Gasteiger partial charge in [0.2, 0.25) is 0 Å². The van der Waals surface area contributed by atoms with Gasteiger partial charge in [0, 0.05) is 6.20 Å². The molecule has 148 valence electrons. The number of ether oxygens (including phenoxy) is 1. The van der Waals surface area contributed by atoms with E-state index in [-0.39, 0.29) is 10.5 Å². The zero-order chi connectivity index (χ0) is 20.6. The highest BCUT2D eigenvalue weighted by Gasteiger charge is 2.21. The smallest absolute Gasteiger partial charge is 0.269 e. The number of methoxy groups -OCH3 is 1. The normalized spacial score (nSPS) is 12.8. The molecule has 8 heteroatoms. The van der Waals surface area contributed by atoms with E-state index in [1.165, 1.54) is 12.4 Å². The summed E-state index contributed by atoms with van der Waals surface area (Å²) in [5, 5.41) is 0. The Labute approximate surface area is 168 Å². The van der Waals surface area contributed by atoms with E-state index >= 15 is 0 Å². The maximum atomic E-state index is 13.0. The van der Waals surface area contributed by atoms with Crippen LogP contribution in [-0.4, -0.2) is 29.5 Å². The number of aryl methyl sites for hydroxylation is 1. The van der Waals surface area contributed by atoms with E-state index in [1.54, 1.807) is 37.4 Å². The summed E-state index contributed by atoms with van der Waals surface area (Å²) in [7, 11) is -2.16. The molecule has 0 bridgehead atoms.